The second kappa shape index (κ2) is 3.40. The molecule has 4 nitrogen and oxygen atoms in total. The molecule has 0 spiro atoms. The van der Waals surface area contributed by atoms with Crippen LogP contribution < -0.4 is 0 Å². The molecular formula is C10H14N2O2S. The van der Waals surface area contributed by atoms with Gasteiger partial charge in [-0.25, -0.2) is 4.79 Å². The van der Waals surface area contributed by atoms with Crippen LogP contribution in [-0.2, 0) is 4.79 Å². The largest absolute Gasteiger partial charge is 0.327 e. The summed E-state index contributed by atoms with van der Waals surface area (Å²) in [6.45, 7) is 0.739. The van der Waals surface area contributed by atoms with Gasteiger partial charge in [-0.05, 0) is 19.3 Å². The molecule has 0 radical (unpaired) electrons. The van der Waals surface area contributed by atoms with E-state index >= 15 is 0 Å². The maximum absolute atomic E-state index is 12.0. The summed E-state index contributed by atoms with van der Waals surface area (Å²) >= 11 is 1.78. The van der Waals surface area contributed by atoms with Crippen LogP contribution in [0.25, 0.3) is 0 Å². The topological polar surface area (TPSA) is 40.6 Å². The Kier molecular flexibility index (Phi) is 2.16. The molecule has 3 fully saturated rings. The minimum Gasteiger partial charge on any atom is -0.311 e. The summed E-state index contributed by atoms with van der Waals surface area (Å²) in [5.41, 5.74) is 0. The van der Waals surface area contributed by atoms with Gasteiger partial charge in [0.25, 0.3) is 5.91 Å². The Hall–Kier alpha value is -0.710. The molecule has 5 heteroatoms. The van der Waals surface area contributed by atoms with Gasteiger partial charge in [0.1, 0.15) is 6.04 Å². The molecule has 0 aromatic rings. The fraction of sp³-hybridized carbons (Fsp3) is 0.800. The summed E-state index contributed by atoms with van der Waals surface area (Å²) in [6, 6.07) is 0.0208. The first-order valence-corrected chi connectivity index (χ1v) is 6.66. The number of nitrogens with zero attached hydrogens (tertiary/aromatic N) is 2. The van der Waals surface area contributed by atoms with Crippen LogP contribution in [-0.4, -0.2) is 51.9 Å². The smallest absolute Gasteiger partial charge is 0.311 e. The molecule has 1 aliphatic carbocycles. The second-order valence-electron chi connectivity index (χ2n) is 4.36. The van der Waals surface area contributed by atoms with Crippen molar-refractivity contribution in [3.05, 3.63) is 0 Å². The summed E-state index contributed by atoms with van der Waals surface area (Å²) in [6.07, 6.45) is 3.16. The lowest BCUT2D eigenvalue weighted by Gasteiger charge is -2.32. The van der Waals surface area contributed by atoms with Crippen molar-refractivity contribution in [2.45, 2.75) is 31.3 Å². The molecule has 1 saturated carbocycles. The Morgan fingerprint density at radius 2 is 2.07 bits per heavy atom. The molecule has 1 unspecified atom stereocenters. The highest BCUT2D eigenvalue weighted by molar-refractivity contribution is 7.99. The van der Waals surface area contributed by atoms with Crippen LogP contribution in [0.15, 0.2) is 0 Å². The van der Waals surface area contributed by atoms with E-state index in [1.165, 1.54) is 4.90 Å². The number of imide groups is 1. The Morgan fingerprint density at radius 1 is 1.27 bits per heavy atom. The summed E-state index contributed by atoms with van der Waals surface area (Å²) < 4.78 is 0. The number of amides is 3. The zero-order valence-electron chi connectivity index (χ0n) is 8.52. The Labute approximate surface area is 93.0 Å². The third-order valence-corrected chi connectivity index (χ3v) is 4.57. The molecule has 0 aromatic carbocycles. The van der Waals surface area contributed by atoms with Gasteiger partial charge < -0.3 is 4.90 Å². The van der Waals surface area contributed by atoms with Crippen LogP contribution >= 0.6 is 11.8 Å². The first kappa shape index (κ1) is 9.51. The number of carbonyl (C=O) groups excluding carboxylic acids is 2. The van der Waals surface area contributed by atoms with E-state index in [1.807, 2.05) is 0 Å². The molecule has 15 heavy (non-hydrogen) atoms. The van der Waals surface area contributed by atoms with Crippen LogP contribution in [0.4, 0.5) is 4.79 Å². The van der Waals surface area contributed by atoms with Gasteiger partial charge in [-0.15, -0.1) is 0 Å². The summed E-state index contributed by atoms with van der Waals surface area (Å²) in [5, 5.41) is 0. The zero-order chi connectivity index (χ0) is 10.4. The van der Waals surface area contributed by atoms with E-state index in [-0.39, 0.29) is 24.0 Å². The minimum absolute atomic E-state index is 0.0324. The quantitative estimate of drug-likeness (QED) is 0.624. The first-order chi connectivity index (χ1) is 7.29. The molecule has 3 rings (SSSR count). The summed E-state index contributed by atoms with van der Waals surface area (Å²) in [5.74, 6) is 1.80. The molecule has 0 aromatic heterocycles. The highest BCUT2D eigenvalue weighted by Crippen LogP contribution is 2.33. The van der Waals surface area contributed by atoms with Crippen molar-refractivity contribution < 1.29 is 9.59 Å². The van der Waals surface area contributed by atoms with Gasteiger partial charge in [-0.3, -0.25) is 9.69 Å². The van der Waals surface area contributed by atoms with Crippen molar-refractivity contribution >= 4 is 23.7 Å². The molecule has 2 saturated heterocycles. The Balaban J connectivity index is 1.84. The number of thioether (sulfide) groups is 1. The average Bonchev–Trinajstić information content (AvgIpc) is 2.42. The van der Waals surface area contributed by atoms with Gasteiger partial charge in [0.15, 0.2) is 0 Å². The number of urea groups is 1. The van der Waals surface area contributed by atoms with E-state index in [0.29, 0.717) is 0 Å². The van der Waals surface area contributed by atoms with Crippen LogP contribution in [0.1, 0.15) is 19.3 Å². The fourth-order valence-electron chi connectivity index (χ4n) is 2.41. The van der Waals surface area contributed by atoms with Gasteiger partial charge in [-0.2, -0.15) is 11.8 Å². The predicted molar refractivity (Wildman–Crippen MR) is 57.7 cm³/mol. The third kappa shape index (κ3) is 1.29. The fourth-order valence-corrected chi connectivity index (χ4v) is 3.45. The summed E-state index contributed by atoms with van der Waals surface area (Å²) in [7, 11) is 0. The van der Waals surface area contributed by atoms with Gasteiger partial charge >= 0.3 is 6.03 Å². The molecular weight excluding hydrogens is 212 g/mol. The lowest BCUT2D eigenvalue weighted by atomic mass is 9.92. The predicted octanol–water partition coefficient (Wildman–Crippen LogP) is 0.919. The van der Waals surface area contributed by atoms with Gasteiger partial charge in [0, 0.05) is 24.1 Å². The number of hydrogen-bond donors (Lipinski definition) is 0. The van der Waals surface area contributed by atoms with Crippen molar-refractivity contribution in [1.29, 1.82) is 0 Å². The van der Waals surface area contributed by atoms with Crippen molar-refractivity contribution in [3.63, 3.8) is 0 Å². The second-order valence-corrected chi connectivity index (χ2v) is 5.51. The Morgan fingerprint density at radius 3 is 2.67 bits per heavy atom. The number of hydrogen-bond acceptors (Lipinski definition) is 3. The normalized spacial score (nSPS) is 31.9. The monoisotopic (exact) mass is 226 g/mol. The average molecular weight is 226 g/mol. The third-order valence-electron chi connectivity index (χ3n) is 3.54. The SMILES string of the molecule is O=C1C2CSCCN2C(=O)N1C1CCC1. The van der Waals surface area contributed by atoms with Gasteiger partial charge in [0.05, 0.1) is 0 Å². The Bertz CT molecular complexity index is 293. The lowest BCUT2D eigenvalue weighted by molar-refractivity contribution is -0.130. The lowest BCUT2D eigenvalue weighted by Crippen LogP contribution is -2.45. The van der Waals surface area contributed by atoms with E-state index < -0.39 is 0 Å². The standard InChI is InChI=1S/C10H14N2O2S/c13-9-8-6-15-5-4-11(8)10(14)12(9)7-2-1-3-7/h7-8H,1-6H2. The van der Waals surface area contributed by atoms with E-state index in [1.54, 1.807) is 16.7 Å². The van der Waals surface area contributed by atoms with E-state index in [4.69, 9.17) is 0 Å². The maximum Gasteiger partial charge on any atom is 0.327 e. The molecule has 0 bridgehead atoms. The van der Waals surface area contributed by atoms with Crippen LogP contribution in [0.3, 0.4) is 0 Å². The van der Waals surface area contributed by atoms with Crippen LogP contribution in [0.5, 0.6) is 0 Å². The molecule has 82 valence electrons. The molecule has 2 aliphatic heterocycles. The van der Waals surface area contributed by atoms with Crippen molar-refractivity contribution in [1.82, 2.24) is 9.80 Å². The molecule has 1 atom stereocenters. The summed E-state index contributed by atoms with van der Waals surface area (Å²) in [4.78, 5) is 27.3. The highest BCUT2D eigenvalue weighted by atomic mass is 32.2. The zero-order valence-corrected chi connectivity index (χ0v) is 9.33. The van der Waals surface area contributed by atoms with Crippen LogP contribution in [0, 0.1) is 0 Å². The van der Waals surface area contributed by atoms with E-state index in [2.05, 4.69) is 0 Å². The van der Waals surface area contributed by atoms with Crippen molar-refractivity contribution in [2.75, 3.05) is 18.1 Å². The van der Waals surface area contributed by atoms with E-state index in [0.717, 1.165) is 37.3 Å². The molecule has 3 aliphatic rings. The van der Waals surface area contributed by atoms with Gasteiger partial charge in [-0.1, -0.05) is 0 Å². The van der Waals surface area contributed by atoms with E-state index in [9.17, 15) is 9.59 Å². The number of fused-ring (bicyclic) bond motifs is 1. The molecule has 3 amide bonds. The van der Waals surface area contributed by atoms with Crippen molar-refractivity contribution in [3.8, 4) is 0 Å². The minimum atomic E-state index is -0.156. The molecule has 0 N–H and O–H groups in total. The van der Waals surface area contributed by atoms with Gasteiger partial charge in [0.2, 0.25) is 0 Å². The van der Waals surface area contributed by atoms with Crippen LogP contribution in [0.2, 0.25) is 0 Å². The number of carbonyl (C=O) groups is 2. The molecule has 2 heterocycles. The number of rotatable bonds is 1. The van der Waals surface area contributed by atoms with Crippen molar-refractivity contribution in [2.24, 2.45) is 0 Å². The maximum atomic E-state index is 12.0. The first-order valence-electron chi connectivity index (χ1n) is 5.50. The highest BCUT2D eigenvalue weighted by Gasteiger charge is 2.49.